The normalized spacial score (nSPS) is 12.0. The third-order valence-corrected chi connectivity index (χ3v) is 8.29. The first-order valence-corrected chi connectivity index (χ1v) is 15.1. The van der Waals surface area contributed by atoms with E-state index in [1.807, 2.05) is 31.2 Å². The molecule has 2 heterocycles. The smallest absolute Gasteiger partial charge is 0.356 e. The van der Waals surface area contributed by atoms with E-state index in [2.05, 4.69) is 20.0 Å². The number of hydrogen-bond donors (Lipinski definition) is 2. The monoisotopic (exact) mass is 611 g/mol. The van der Waals surface area contributed by atoms with Crippen molar-refractivity contribution in [2.45, 2.75) is 31.8 Å². The average Bonchev–Trinajstić information content (AvgIpc) is 2.99. The largest absolute Gasteiger partial charge is 0.448 e. The molecule has 0 bridgehead atoms. The highest BCUT2D eigenvalue weighted by Gasteiger charge is 2.26. The quantitative estimate of drug-likeness (QED) is 0.242. The Labute approximate surface area is 253 Å². The van der Waals surface area contributed by atoms with Crippen molar-refractivity contribution in [2.75, 3.05) is 10.0 Å². The van der Waals surface area contributed by atoms with E-state index in [4.69, 9.17) is 4.74 Å². The molecule has 5 aromatic rings. The Balaban J connectivity index is 1.35. The standard InChI is InChI=1S/C32H29N5O6S/c1-19-9-11-22(12-10-19)27-25-7-5-6-8-26(25)30(39)37(4)28(27)31(40)43-21(3)29(38)35-23-13-15-24(16-14-23)44(41,42)36-32-33-18-17-20(2)34-32/h5-18,21H,1-4H3,(H,35,38)(H,33,34,36). The number of amides is 1. The highest BCUT2D eigenvalue weighted by Crippen LogP contribution is 2.31. The number of benzene rings is 3. The molecule has 0 aliphatic carbocycles. The van der Waals surface area contributed by atoms with Crippen molar-refractivity contribution < 1.29 is 22.7 Å². The molecule has 0 radical (unpaired) electrons. The first-order chi connectivity index (χ1) is 20.9. The van der Waals surface area contributed by atoms with Gasteiger partial charge in [0.2, 0.25) is 5.95 Å². The van der Waals surface area contributed by atoms with Gasteiger partial charge in [0.15, 0.2) is 6.10 Å². The van der Waals surface area contributed by atoms with Crippen molar-refractivity contribution in [3.05, 3.63) is 112 Å². The molecule has 0 saturated carbocycles. The first kappa shape index (κ1) is 30.1. The van der Waals surface area contributed by atoms with Crippen molar-refractivity contribution in [3.8, 4) is 11.1 Å². The van der Waals surface area contributed by atoms with Crippen LogP contribution in [0.2, 0.25) is 0 Å². The molecule has 0 aliphatic heterocycles. The number of aromatic nitrogens is 3. The lowest BCUT2D eigenvalue weighted by Crippen LogP contribution is -2.33. The summed E-state index contributed by atoms with van der Waals surface area (Å²) in [6, 6.07) is 21.6. The van der Waals surface area contributed by atoms with Gasteiger partial charge < -0.3 is 14.6 Å². The predicted molar refractivity (Wildman–Crippen MR) is 167 cm³/mol. The van der Waals surface area contributed by atoms with Crippen LogP contribution in [-0.2, 0) is 26.6 Å². The van der Waals surface area contributed by atoms with Crippen LogP contribution in [0.4, 0.5) is 11.6 Å². The van der Waals surface area contributed by atoms with E-state index in [1.54, 1.807) is 37.3 Å². The Morgan fingerprint density at radius 1 is 0.909 bits per heavy atom. The summed E-state index contributed by atoms with van der Waals surface area (Å²) >= 11 is 0. The van der Waals surface area contributed by atoms with Crippen molar-refractivity contribution in [3.63, 3.8) is 0 Å². The van der Waals surface area contributed by atoms with Gasteiger partial charge >= 0.3 is 5.97 Å². The van der Waals surface area contributed by atoms with Gasteiger partial charge in [-0.1, -0.05) is 48.0 Å². The summed E-state index contributed by atoms with van der Waals surface area (Å²) in [7, 11) is -2.49. The molecule has 1 amide bonds. The number of rotatable bonds is 8. The number of sulfonamides is 1. The minimum Gasteiger partial charge on any atom is -0.448 e. The van der Waals surface area contributed by atoms with Crippen molar-refractivity contribution >= 4 is 44.3 Å². The molecule has 0 spiro atoms. The molecule has 0 saturated heterocycles. The lowest BCUT2D eigenvalue weighted by Gasteiger charge is -2.19. The molecule has 12 heteroatoms. The zero-order chi connectivity index (χ0) is 31.6. The van der Waals surface area contributed by atoms with Gasteiger partial charge in [-0.25, -0.2) is 27.9 Å². The van der Waals surface area contributed by atoms with E-state index in [-0.39, 0.29) is 27.8 Å². The van der Waals surface area contributed by atoms with Gasteiger partial charge in [-0.2, -0.15) is 0 Å². The Kier molecular flexibility index (Phi) is 8.28. The second-order valence-electron chi connectivity index (χ2n) is 10.2. The fourth-order valence-corrected chi connectivity index (χ4v) is 5.58. The zero-order valence-corrected chi connectivity index (χ0v) is 25.2. The lowest BCUT2D eigenvalue weighted by atomic mass is 9.96. The Morgan fingerprint density at radius 3 is 2.23 bits per heavy atom. The van der Waals surface area contributed by atoms with Crippen LogP contribution in [0.1, 0.15) is 28.7 Å². The van der Waals surface area contributed by atoms with Crippen LogP contribution < -0.4 is 15.6 Å². The summed E-state index contributed by atoms with van der Waals surface area (Å²) in [4.78, 5) is 47.6. The second-order valence-corrected chi connectivity index (χ2v) is 11.9. The molecular weight excluding hydrogens is 582 g/mol. The number of hydrogen-bond acceptors (Lipinski definition) is 8. The maximum absolute atomic E-state index is 13.6. The molecule has 0 fully saturated rings. The van der Waals surface area contributed by atoms with Gasteiger partial charge in [0.1, 0.15) is 5.69 Å². The number of nitrogens with one attached hydrogen (secondary N) is 2. The van der Waals surface area contributed by atoms with Gasteiger partial charge in [0, 0.05) is 35.6 Å². The molecule has 1 unspecified atom stereocenters. The Hall–Kier alpha value is -5.36. The van der Waals surface area contributed by atoms with Gasteiger partial charge in [-0.3, -0.25) is 9.59 Å². The van der Waals surface area contributed by atoms with Crippen LogP contribution in [0.25, 0.3) is 21.9 Å². The SMILES string of the molecule is Cc1ccc(-c2c(C(=O)OC(C)C(=O)Nc3ccc(S(=O)(=O)Nc4nccc(C)n4)cc3)n(C)c(=O)c3ccccc23)cc1. The molecule has 0 aliphatic rings. The van der Waals surface area contributed by atoms with E-state index in [1.165, 1.54) is 49.0 Å². The fraction of sp³-hybridized carbons (Fsp3) is 0.156. The number of fused-ring (bicyclic) bond motifs is 1. The molecule has 44 heavy (non-hydrogen) atoms. The Morgan fingerprint density at radius 2 is 1.57 bits per heavy atom. The van der Waals surface area contributed by atoms with Crippen LogP contribution in [-0.4, -0.2) is 40.9 Å². The van der Waals surface area contributed by atoms with Gasteiger partial charge in [-0.15, -0.1) is 0 Å². The highest BCUT2D eigenvalue weighted by atomic mass is 32.2. The molecular formula is C32H29N5O6S. The summed E-state index contributed by atoms with van der Waals surface area (Å²) in [5, 5.41) is 3.65. The fourth-order valence-electron chi connectivity index (χ4n) is 4.62. The van der Waals surface area contributed by atoms with Gasteiger partial charge in [-0.05, 0) is 68.1 Å². The first-order valence-electron chi connectivity index (χ1n) is 13.6. The molecule has 5 rings (SSSR count). The number of nitrogens with zero attached hydrogens (tertiary/aromatic N) is 3. The van der Waals surface area contributed by atoms with E-state index >= 15 is 0 Å². The third kappa shape index (κ3) is 6.20. The van der Waals surface area contributed by atoms with E-state index in [0.29, 0.717) is 27.6 Å². The summed E-state index contributed by atoms with van der Waals surface area (Å²) < 4.78 is 34.6. The van der Waals surface area contributed by atoms with Crippen LogP contribution in [0.15, 0.2) is 94.7 Å². The Bertz CT molecular complexity index is 2060. The maximum atomic E-state index is 13.6. The number of esters is 1. The minimum absolute atomic E-state index is 0.0110. The summed E-state index contributed by atoms with van der Waals surface area (Å²) in [6.45, 7) is 5.06. The lowest BCUT2D eigenvalue weighted by molar-refractivity contribution is -0.123. The minimum atomic E-state index is -3.98. The molecule has 2 aromatic heterocycles. The van der Waals surface area contributed by atoms with E-state index in [9.17, 15) is 22.8 Å². The number of aryl methyl sites for hydroxylation is 2. The predicted octanol–water partition coefficient (Wildman–Crippen LogP) is 4.60. The van der Waals surface area contributed by atoms with Crippen LogP contribution in [0.3, 0.4) is 0 Å². The molecule has 11 nitrogen and oxygen atoms in total. The summed E-state index contributed by atoms with van der Waals surface area (Å²) in [5.74, 6) is -1.56. The van der Waals surface area contributed by atoms with Gasteiger partial charge in [0.25, 0.3) is 21.5 Å². The van der Waals surface area contributed by atoms with E-state index in [0.717, 1.165) is 5.56 Å². The number of carbonyl (C=O) groups excluding carboxylic acids is 2. The molecule has 224 valence electrons. The van der Waals surface area contributed by atoms with Crippen LogP contribution in [0.5, 0.6) is 0 Å². The number of carbonyl (C=O) groups is 2. The molecule has 3 aromatic carbocycles. The van der Waals surface area contributed by atoms with Crippen LogP contribution >= 0.6 is 0 Å². The van der Waals surface area contributed by atoms with Crippen LogP contribution in [0, 0.1) is 13.8 Å². The summed E-state index contributed by atoms with van der Waals surface area (Å²) in [5.41, 5.74) is 2.77. The number of ether oxygens (including phenoxy) is 1. The average molecular weight is 612 g/mol. The van der Waals surface area contributed by atoms with Crippen molar-refractivity contribution in [1.29, 1.82) is 0 Å². The molecule has 2 N–H and O–H groups in total. The highest BCUT2D eigenvalue weighted by molar-refractivity contribution is 7.92. The summed E-state index contributed by atoms with van der Waals surface area (Å²) in [6.07, 6.45) is 0.189. The number of pyridine rings is 1. The van der Waals surface area contributed by atoms with E-state index < -0.39 is 28.0 Å². The number of anilines is 2. The topological polar surface area (TPSA) is 149 Å². The zero-order valence-electron chi connectivity index (χ0n) is 24.4. The van der Waals surface area contributed by atoms with Crippen molar-refractivity contribution in [2.24, 2.45) is 7.05 Å². The molecule has 1 atom stereocenters. The van der Waals surface area contributed by atoms with Crippen molar-refractivity contribution in [1.82, 2.24) is 14.5 Å². The maximum Gasteiger partial charge on any atom is 0.356 e. The van der Waals surface area contributed by atoms with Gasteiger partial charge in [0.05, 0.1) is 4.90 Å². The second kappa shape index (κ2) is 12.1. The third-order valence-electron chi connectivity index (χ3n) is 6.94.